The van der Waals surface area contributed by atoms with Crippen molar-refractivity contribution in [3.05, 3.63) is 76.0 Å². The maximum absolute atomic E-state index is 14.0. The molecule has 6 nitrogen and oxygen atoms in total. The van der Waals surface area contributed by atoms with Crippen LogP contribution in [-0.2, 0) is 16.0 Å². The first kappa shape index (κ1) is 24.8. The highest BCUT2D eigenvalue weighted by molar-refractivity contribution is 7.10. The van der Waals surface area contributed by atoms with E-state index in [2.05, 4.69) is 5.32 Å². The number of benzene rings is 2. The normalized spacial score (nSPS) is 14.4. The van der Waals surface area contributed by atoms with Crippen LogP contribution in [0.1, 0.15) is 47.7 Å². The Morgan fingerprint density at radius 3 is 2.43 bits per heavy atom. The van der Waals surface area contributed by atoms with E-state index < -0.39 is 6.04 Å². The Morgan fingerprint density at radius 2 is 1.80 bits per heavy atom. The lowest BCUT2D eigenvalue weighted by atomic mass is 10.00. The number of rotatable bonds is 9. The van der Waals surface area contributed by atoms with Crippen LogP contribution < -0.4 is 19.7 Å². The summed E-state index contributed by atoms with van der Waals surface area (Å²) in [5.41, 5.74) is 2.33. The monoisotopic (exact) mass is 492 g/mol. The van der Waals surface area contributed by atoms with Gasteiger partial charge in [-0.2, -0.15) is 0 Å². The molecule has 1 aliphatic carbocycles. The van der Waals surface area contributed by atoms with Crippen LogP contribution in [0.3, 0.4) is 0 Å². The van der Waals surface area contributed by atoms with Gasteiger partial charge in [0.2, 0.25) is 11.8 Å². The van der Waals surface area contributed by atoms with Gasteiger partial charge in [0.25, 0.3) is 0 Å². The van der Waals surface area contributed by atoms with Gasteiger partial charge in [0, 0.05) is 17.0 Å². The molecule has 0 bridgehead atoms. The first-order chi connectivity index (χ1) is 17.0. The fourth-order valence-corrected chi connectivity index (χ4v) is 5.26. The first-order valence-corrected chi connectivity index (χ1v) is 12.8. The van der Waals surface area contributed by atoms with Crippen molar-refractivity contribution in [2.45, 2.75) is 51.1 Å². The molecular weight excluding hydrogens is 460 g/mol. The Labute approximate surface area is 210 Å². The molecule has 2 aromatic carbocycles. The molecule has 1 aliphatic rings. The third-order valence-electron chi connectivity index (χ3n) is 6.42. The van der Waals surface area contributed by atoms with Crippen molar-refractivity contribution >= 4 is 28.8 Å². The standard InChI is InChI=1S/C28H32N2O4S/c1-19-10-12-20(13-11-19)27(28(32)29-21-7-4-5-8-21)30(26(31)18-23-9-6-16-35-23)24-17-22(33-2)14-15-25(24)34-3/h6,9-17,21,27H,4-5,7-8,18H2,1-3H3,(H,29,32)/t27-/m1/s1. The smallest absolute Gasteiger partial charge is 0.248 e. The largest absolute Gasteiger partial charge is 0.497 e. The van der Waals surface area contributed by atoms with Gasteiger partial charge in [-0.1, -0.05) is 48.7 Å². The summed E-state index contributed by atoms with van der Waals surface area (Å²) in [7, 11) is 3.14. The van der Waals surface area contributed by atoms with Gasteiger partial charge in [-0.15, -0.1) is 11.3 Å². The number of carbonyl (C=O) groups is 2. The summed E-state index contributed by atoms with van der Waals surface area (Å²) in [5.74, 6) is 0.695. The van der Waals surface area contributed by atoms with Crippen molar-refractivity contribution in [3.63, 3.8) is 0 Å². The van der Waals surface area contributed by atoms with Gasteiger partial charge in [-0.25, -0.2) is 0 Å². The maximum atomic E-state index is 14.0. The maximum Gasteiger partial charge on any atom is 0.248 e. The molecule has 1 fully saturated rings. The molecule has 0 saturated heterocycles. The summed E-state index contributed by atoms with van der Waals surface area (Å²) in [6.07, 6.45) is 4.29. The van der Waals surface area contributed by atoms with E-state index in [9.17, 15) is 9.59 Å². The molecule has 1 heterocycles. The molecule has 7 heteroatoms. The SMILES string of the molecule is COc1ccc(OC)c(N(C(=O)Cc2cccs2)[C@@H](C(=O)NC2CCCC2)c2ccc(C)cc2)c1. The number of hydrogen-bond donors (Lipinski definition) is 1. The number of carbonyl (C=O) groups excluding carboxylic acids is 2. The molecule has 0 radical (unpaired) electrons. The minimum Gasteiger partial charge on any atom is -0.497 e. The third kappa shape index (κ3) is 5.85. The highest BCUT2D eigenvalue weighted by Crippen LogP contribution is 2.38. The van der Waals surface area contributed by atoms with Gasteiger partial charge in [-0.3, -0.25) is 14.5 Å². The number of aryl methyl sites for hydroxylation is 1. The second-order valence-corrected chi connectivity index (χ2v) is 9.89. The predicted molar refractivity (Wildman–Crippen MR) is 139 cm³/mol. The Kier molecular flexibility index (Phi) is 8.08. The van der Waals surface area contributed by atoms with Crippen molar-refractivity contribution in [2.75, 3.05) is 19.1 Å². The Hall–Kier alpha value is -3.32. The van der Waals surface area contributed by atoms with Gasteiger partial charge >= 0.3 is 0 Å². The summed E-state index contributed by atoms with van der Waals surface area (Å²) < 4.78 is 11.1. The van der Waals surface area contributed by atoms with E-state index in [1.165, 1.54) is 11.3 Å². The number of amides is 2. The molecule has 184 valence electrons. The number of hydrogen-bond acceptors (Lipinski definition) is 5. The topological polar surface area (TPSA) is 67.9 Å². The zero-order valence-electron chi connectivity index (χ0n) is 20.5. The van der Waals surface area contributed by atoms with Crippen LogP contribution in [0.25, 0.3) is 0 Å². The molecular formula is C28H32N2O4S. The van der Waals surface area contributed by atoms with E-state index in [0.29, 0.717) is 17.2 Å². The van der Waals surface area contributed by atoms with Crippen LogP contribution >= 0.6 is 11.3 Å². The zero-order valence-corrected chi connectivity index (χ0v) is 21.3. The van der Waals surface area contributed by atoms with Crippen molar-refractivity contribution < 1.29 is 19.1 Å². The van der Waals surface area contributed by atoms with E-state index in [1.807, 2.05) is 48.7 Å². The number of anilines is 1. The molecule has 1 aromatic heterocycles. The summed E-state index contributed by atoms with van der Waals surface area (Å²) in [6.45, 7) is 2.00. The number of nitrogens with one attached hydrogen (secondary N) is 1. The van der Waals surface area contributed by atoms with Crippen LogP contribution in [0, 0.1) is 6.92 Å². The summed E-state index contributed by atoms with van der Waals surface area (Å²) in [6, 6.07) is 16.2. The second-order valence-electron chi connectivity index (χ2n) is 8.86. The quantitative estimate of drug-likeness (QED) is 0.431. The number of ether oxygens (including phenoxy) is 2. The molecule has 35 heavy (non-hydrogen) atoms. The third-order valence-corrected chi connectivity index (χ3v) is 7.30. The molecule has 0 aliphatic heterocycles. The zero-order chi connectivity index (χ0) is 24.8. The lowest BCUT2D eigenvalue weighted by molar-refractivity contribution is -0.127. The Balaban J connectivity index is 1.83. The molecule has 4 rings (SSSR count). The van der Waals surface area contributed by atoms with Crippen LogP contribution in [0.15, 0.2) is 60.0 Å². The number of thiophene rings is 1. The fraction of sp³-hybridized carbons (Fsp3) is 0.357. The molecule has 1 atom stereocenters. The van der Waals surface area contributed by atoms with Crippen molar-refractivity contribution in [3.8, 4) is 11.5 Å². The molecule has 0 unspecified atom stereocenters. The van der Waals surface area contributed by atoms with E-state index >= 15 is 0 Å². The average molecular weight is 493 g/mol. The van der Waals surface area contributed by atoms with Gasteiger partial charge in [0.05, 0.1) is 26.3 Å². The summed E-state index contributed by atoms with van der Waals surface area (Å²) >= 11 is 1.52. The van der Waals surface area contributed by atoms with Crippen LogP contribution in [-0.4, -0.2) is 32.1 Å². The second kappa shape index (κ2) is 11.4. The highest BCUT2D eigenvalue weighted by atomic mass is 32.1. The summed E-state index contributed by atoms with van der Waals surface area (Å²) in [4.78, 5) is 30.4. The van der Waals surface area contributed by atoms with Gasteiger partial charge in [-0.05, 0) is 48.9 Å². The highest BCUT2D eigenvalue weighted by Gasteiger charge is 2.36. The van der Waals surface area contributed by atoms with E-state index in [0.717, 1.165) is 41.7 Å². The molecule has 1 N–H and O–H groups in total. The first-order valence-electron chi connectivity index (χ1n) is 11.9. The minimum absolute atomic E-state index is 0.122. The number of methoxy groups -OCH3 is 2. The Morgan fingerprint density at radius 1 is 1.06 bits per heavy atom. The van der Waals surface area contributed by atoms with Gasteiger partial charge in [0.15, 0.2) is 0 Å². The molecule has 1 saturated carbocycles. The van der Waals surface area contributed by atoms with Crippen molar-refractivity contribution in [1.82, 2.24) is 5.32 Å². The molecule has 3 aromatic rings. The molecule has 0 spiro atoms. The van der Waals surface area contributed by atoms with E-state index in [1.54, 1.807) is 37.3 Å². The predicted octanol–water partition coefficient (Wildman–Crippen LogP) is 5.45. The van der Waals surface area contributed by atoms with E-state index in [-0.39, 0.29) is 24.3 Å². The van der Waals surface area contributed by atoms with Crippen LogP contribution in [0.4, 0.5) is 5.69 Å². The molecule has 2 amide bonds. The Bertz CT molecular complexity index is 1140. The van der Waals surface area contributed by atoms with Crippen LogP contribution in [0.5, 0.6) is 11.5 Å². The van der Waals surface area contributed by atoms with E-state index in [4.69, 9.17) is 9.47 Å². The summed E-state index contributed by atoms with van der Waals surface area (Å²) in [5, 5.41) is 5.17. The van der Waals surface area contributed by atoms with Crippen molar-refractivity contribution in [2.24, 2.45) is 0 Å². The lowest BCUT2D eigenvalue weighted by Crippen LogP contribution is -2.47. The minimum atomic E-state index is -0.857. The van der Waals surface area contributed by atoms with Gasteiger partial charge in [0.1, 0.15) is 17.5 Å². The van der Waals surface area contributed by atoms with Crippen molar-refractivity contribution in [1.29, 1.82) is 0 Å². The lowest BCUT2D eigenvalue weighted by Gasteiger charge is -2.33. The van der Waals surface area contributed by atoms with Gasteiger partial charge < -0.3 is 14.8 Å². The fourth-order valence-electron chi connectivity index (χ4n) is 4.57. The number of nitrogens with zero attached hydrogens (tertiary/aromatic N) is 1. The van der Waals surface area contributed by atoms with Crippen LogP contribution in [0.2, 0.25) is 0 Å². The average Bonchev–Trinajstić information content (AvgIpc) is 3.57.